The van der Waals surface area contributed by atoms with Gasteiger partial charge >= 0.3 is 0 Å². The summed E-state index contributed by atoms with van der Waals surface area (Å²) < 4.78 is 4.34. The molecule has 0 spiro atoms. The highest BCUT2D eigenvalue weighted by atomic mass is 127. The van der Waals surface area contributed by atoms with Crippen LogP contribution in [0.2, 0.25) is 0 Å². The number of aromatic nitrogens is 2. The number of nitrogens with one attached hydrogen (secondary N) is 1. The van der Waals surface area contributed by atoms with Crippen LogP contribution in [0.15, 0.2) is 35.1 Å². The van der Waals surface area contributed by atoms with Gasteiger partial charge in [-0.3, -0.25) is 0 Å². The van der Waals surface area contributed by atoms with Crippen molar-refractivity contribution in [1.82, 2.24) is 9.55 Å². The van der Waals surface area contributed by atoms with E-state index in [2.05, 4.69) is 79.4 Å². The Hall–Kier alpha value is -0.560. The number of anilines is 2. The lowest BCUT2D eigenvalue weighted by Gasteiger charge is -2.13. The maximum atomic E-state index is 4.34. The van der Waals surface area contributed by atoms with E-state index in [1.54, 1.807) is 0 Å². The van der Waals surface area contributed by atoms with E-state index in [0.717, 1.165) is 16.1 Å². The Balaban J connectivity index is 2.31. The van der Waals surface area contributed by atoms with Crippen LogP contribution in [0.4, 0.5) is 11.6 Å². The minimum absolute atomic E-state index is 0.393. The molecule has 0 unspecified atom stereocenters. The van der Waals surface area contributed by atoms with Crippen LogP contribution in [-0.2, 0) is 0 Å². The van der Waals surface area contributed by atoms with E-state index in [9.17, 15) is 0 Å². The third-order valence-electron chi connectivity index (χ3n) is 2.40. The van der Waals surface area contributed by atoms with Crippen LogP contribution in [0.3, 0.4) is 0 Å². The molecule has 0 saturated carbocycles. The van der Waals surface area contributed by atoms with Gasteiger partial charge in [-0.1, -0.05) is 15.9 Å². The van der Waals surface area contributed by atoms with Crippen molar-refractivity contribution in [3.05, 3.63) is 38.6 Å². The van der Waals surface area contributed by atoms with Crippen molar-refractivity contribution in [3.63, 3.8) is 0 Å². The molecule has 1 aromatic carbocycles. The average molecular weight is 406 g/mol. The Kier molecular flexibility index (Phi) is 4.09. The summed E-state index contributed by atoms with van der Waals surface area (Å²) in [7, 11) is 0. The van der Waals surface area contributed by atoms with Crippen LogP contribution in [0.5, 0.6) is 0 Å². The molecule has 0 bridgehead atoms. The number of hydrogen-bond acceptors (Lipinski definition) is 2. The quantitative estimate of drug-likeness (QED) is 0.757. The van der Waals surface area contributed by atoms with E-state index in [1.807, 2.05) is 18.5 Å². The molecule has 3 nitrogen and oxygen atoms in total. The van der Waals surface area contributed by atoms with Gasteiger partial charge in [0, 0.05) is 26.5 Å². The molecule has 0 atom stereocenters. The fourth-order valence-electron chi connectivity index (χ4n) is 1.54. The van der Waals surface area contributed by atoms with Crippen molar-refractivity contribution < 1.29 is 0 Å². The lowest BCUT2D eigenvalue weighted by atomic mass is 10.3. The van der Waals surface area contributed by atoms with Crippen molar-refractivity contribution in [2.24, 2.45) is 0 Å². The Bertz CT molecular complexity index is 522. The van der Waals surface area contributed by atoms with Crippen LogP contribution < -0.4 is 5.32 Å². The zero-order valence-electron chi connectivity index (χ0n) is 9.61. The van der Waals surface area contributed by atoms with E-state index >= 15 is 0 Å². The molecule has 0 aliphatic carbocycles. The number of imidazole rings is 1. The van der Waals surface area contributed by atoms with E-state index in [-0.39, 0.29) is 0 Å². The second-order valence-corrected chi connectivity index (χ2v) is 6.08. The Morgan fingerprint density at radius 2 is 2.18 bits per heavy atom. The molecule has 0 radical (unpaired) electrons. The summed E-state index contributed by atoms with van der Waals surface area (Å²) in [6.45, 7) is 4.28. The normalized spacial score (nSPS) is 10.9. The SMILES string of the molecule is CC(C)n1ccnc1Nc1cc(Br)ccc1I. The summed E-state index contributed by atoms with van der Waals surface area (Å²) in [5.74, 6) is 0.871. The maximum Gasteiger partial charge on any atom is 0.207 e. The molecule has 1 heterocycles. The predicted molar refractivity (Wildman–Crippen MR) is 82.8 cm³/mol. The third kappa shape index (κ3) is 3.01. The maximum absolute atomic E-state index is 4.34. The van der Waals surface area contributed by atoms with Crippen molar-refractivity contribution >= 4 is 50.2 Å². The lowest BCUT2D eigenvalue weighted by molar-refractivity contribution is 0.608. The largest absolute Gasteiger partial charge is 0.325 e. The van der Waals surface area contributed by atoms with Crippen LogP contribution in [0, 0.1) is 3.57 Å². The number of benzene rings is 1. The predicted octanol–water partition coefficient (Wildman–Crippen LogP) is 4.57. The standard InChI is InChI=1S/C12H13BrIN3/c1-8(2)17-6-5-15-12(17)16-11-7-9(13)3-4-10(11)14/h3-8H,1-2H3,(H,15,16). The summed E-state index contributed by atoms with van der Waals surface area (Å²) in [5, 5.41) is 3.36. The van der Waals surface area contributed by atoms with Gasteiger partial charge in [-0.2, -0.15) is 0 Å². The number of nitrogens with zero attached hydrogens (tertiary/aromatic N) is 2. The number of halogens is 2. The van der Waals surface area contributed by atoms with Crippen LogP contribution in [0.25, 0.3) is 0 Å². The Morgan fingerprint density at radius 3 is 2.88 bits per heavy atom. The zero-order valence-corrected chi connectivity index (χ0v) is 13.4. The third-order valence-corrected chi connectivity index (χ3v) is 3.83. The van der Waals surface area contributed by atoms with Gasteiger partial charge in [0.15, 0.2) is 0 Å². The highest BCUT2D eigenvalue weighted by molar-refractivity contribution is 14.1. The molecular weight excluding hydrogens is 393 g/mol. The summed E-state index contributed by atoms with van der Waals surface area (Å²) >= 11 is 5.79. The summed E-state index contributed by atoms with van der Waals surface area (Å²) in [4.78, 5) is 4.34. The van der Waals surface area contributed by atoms with Crippen molar-refractivity contribution in [2.45, 2.75) is 19.9 Å². The number of rotatable bonds is 3. The topological polar surface area (TPSA) is 29.9 Å². The van der Waals surface area contributed by atoms with Gasteiger partial charge in [-0.15, -0.1) is 0 Å². The summed E-state index contributed by atoms with van der Waals surface area (Å²) in [6, 6.07) is 6.54. The molecule has 5 heteroatoms. The first-order valence-corrected chi connectivity index (χ1v) is 7.20. The second kappa shape index (κ2) is 5.39. The van der Waals surface area contributed by atoms with E-state index in [1.165, 1.54) is 3.57 Å². The highest BCUT2D eigenvalue weighted by Crippen LogP contribution is 2.26. The van der Waals surface area contributed by atoms with Crippen LogP contribution in [-0.4, -0.2) is 9.55 Å². The number of hydrogen-bond donors (Lipinski definition) is 1. The van der Waals surface area contributed by atoms with E-state index < -0.39 is 0 Å². The van der Waals surface area contributed by atoms with Gasteiger partial charge in [0.1, 0.15) is 0 Å². The molecular formula is C12H13BrIN3. The lowest BCUT2D eigenvalue weighted by Crippen LogP contribution is -2.05. The van der Waals surface area contributed by atoms with Gasteiger partial charge in [0.25, 0.3) is 0 Å². The minimum Gasteiger partial charge on any atom is -0.325 e. The first kappa shape index (κ1) is 12.9. The first-order valence-electron chi connectivity index (χ1n) is 5.33. The molecule has 0 fully saturated rings. The fraction of sp³-hybridized carbons (Fsp3) is 0.250. The highest BCUT2D eigenvalue weighted by Gasteiger charge is 2.08. The van der Waals surface area contributed by atoms with Gasteiger partial charge in [-0.25, -0.2) is 4.98 Å². The van der Waals surface area contributed by atoms with Crippen LogP contribution in [0.1, 0.15) is 19.9 Å². The van der Waals surface area contributed by atoms with Gasteiger partial charge < -0.3 is 9.88 Å². The van der Waals surface area contributed by atoms with Crippen molar-refractivity contribution in [2.75, 3.05) is 5.32 Å². The second-order valence-electron chi connectivity index (χ2n) is 4.00. The summed E-state index contributed by atoms with van der Waals surface area (Å²) in [5.41, 5.74) is 1.06. The minimum atomic E-state index is 0.393. The van der Waals surface area contributed by atoms with Gasteiger partial charge in [0.2, 0.25) is 5.95 Å². The molecule has 2 rings (SSSR count). The van der Waals surface area contributed by atoms with E-state index in [0.29, 0.717) is 6.04 Å². The Morgan fingerprint density at radius 1 is 1.41 bits per heavy atom. The van der Waals surface area contributed by atoms with Gasteiger partial charge in [0.05, 0.1) is 5.69 Å². The molecule has 90 valence electrons. The zero-order chi connectivity index (χ0) is 12.4. The monoisotopic (exact) mass is 405 g/mol. The Labute approximate surface area is 123 Å². The van der Waals surface area contributed by atoms with Crippen molar-refractivity contribution in [3.8, 4) is 0 Å². The van der Waals surface area contributed by atoms with Crippen LogP contribution >= 0.6 is 38.5 Å². The van der Waals surface area contributed by atoms with Crippen molar-refractivity contribution in [1.29, 1.82) is 0 Å². The molecule has 0 saturated heterocycles. The molecule has 17 heavy (non-hydrogen) atoms. The molecule has 1 N–H and O–H groups in total. The first-order chi connectivity index (χ1) is 8.08. The van der Waals surface area contributed by atoms with E-state index in [4.69, 9.17) is 0 Å². The average Bonchev–Trinajstić information content (AvgIpc) is 2.71. The fourth-order valence-corrected chi connectivity index (χ4v) is 2.37. The van der Waals surface area contributed by atoms with Gasteiger partial charge in [-0.05, 0) is 54.6 Å². The smallest absolute Gasteiger partial charge is 0.207 e. The molecule has 0 amide bonds. The molecule has 0 aliphatic heterocycles. The molecule has 2 aromatic rings. The molecule has 0 aliphatic rings. The molecule has 1 aromatic heterocycles. The summed E-state index contributed by atoms with van der Waals surface area (Å²) in [6.07, 6.45) is 3.80.